The Hall–Kier alpha value is -2.38. The third-order valence-electron chi connectivity index (χ3n) is 3.05. The lowest BCUT2D eigenvalue weighted by Gasteiger charge is -2.12. The number of benzene rings is 1. The van der Waals surface area contributed by atoms with E-state index < -0.39 is 18.4 Å². The molecule has 1 aromatic rings. The van der Waals surface area contributed by atoms with Crippen LogP contribution in [-0.2, 0) is 9.53 Å². The van der Waals surface area contributed by atoms with Gasteiger partial charge < -0.3 is 26.5 Å². The summed E-state index contributed by atoms with van der Waals surface area (Å²) in [5.74, 6) is -1.23. The Labute approximate surface area is 145 Å². The van der Waals surface area contributed by atoms with E-state index in [1.54, 1.807) is 31.3 Å². The summed E-state index contributed by atoms with van der Waals surface area (Å²) < 4.78 is 4.98. The largest absolute Gasteiger partial charge is 0.454 e. The molecule has 130 valence electrons. The summed E-state index contributed by atoms with van der Waals surface area (Å²) in [6.45, 7) is 2.04. The van der Waals surface area contributed by atoms with Gasteiger partial charge in [-0.15, -0.1) is 0 Å². The highest BCUT2D eigenvalue weighted by Gasteiger charge is 2.20. The monoisotopic (exact) mass is 352 g/mol. The quantitative estimate of drug-likeness (QED) is 0.174. The van der Waals surface area contributed by atoms with Crippen LogP contribution in [0, 0.1) is 5.41 Å². The molecule has 1 rings (SSSR count). The van der Waals surface area contributed by atoms with E-state index in [-0.39, 0.29) is 27.7 Å². The molecule has 0 atom stereocenters. The van der Waals surface area contributed by atoms with Gasteiger partial charge in [0.1, 0.15) is 11.4 Å². The van der Waals surface area contributed by atoms with Crippen LogP contribution in [0.1, 0.15) is 17.3 Å². The molecule has 0 spiro atoms. The molecule has 5 N–H and O–H groups in total. The van der Waals surface area contributed by atoms with E-state index in [0.717, 1.165) is 0 Å². The lowest BCUT2D eigenvalue weighted by molar-refractivity contribution is -0.137. The number of nitrogens with two attached hydrogens (primary N) is 1. The first-order valence-electron chi connectivity index (χ1n) is 7.27. The van der Waals surface area contributed by atoms with Crippen LogP contribution < -0.4 is 16.4 Å². The third-order valence-corrected chi connectivity index (χ3v) is 3.38. The van der Waals surface area contributed by atoms with Gasteiger partial charge in [-0.1, -0.05) is 23.7 Å². The summed E-state index contributed by atoms with van der Waals surface area (Å²) in [5.41, 5.74) is 5.91. The maximum Gasteiger partial charge on any atom is 0.344 e. The summed E-state index contributed by atoms with van der Waals surface area (Å²) in [7, 11) is 1.78. The first kappa shape index (κ1) is 19.7. The van der Waals surface area contributed by atoms with Crippen LogP contribution in [0.5, 0.6) is 0 Å². The Morgan fingerprint density at radius 2 is 1.96 bits per heavy atom. The molecule has 0 aliphatic heterocycles. The summed E-state index contributed by atoms with van der Waals surface area (Å²) in [4.78, 5) is 24.2. The van der Waals surface area contributed by atoms with Crippen LogP contribution >= 0.6 is 11.6 Å². The van der Waals surface area contributed by atoms with E-state index in [9.17, 15) is 9.59 Å². The molecule has 0 fully saturated rings. The number of likely N-dealkylation sites (N-methyl/N-ethyl adjacent to an activating group) is 1. The molecule has 1 aromatic carbocycles. The van der Waals surface area contributed by atoms with E-state index in [4.69, 9.17) is 27.5 Å². The van der Waals surface area contributed by atoms with Gasteiger partial charge in [0.15, 0.2) is 6.61 Å². The molecule has 0 bridgehead atoms. The van der Waals surface area contributed by atoms with Gasteiger partial charge in [0, 0.05) is 24.4 Å². The zero-order valence-electron chi connectivity index (χ0n) is 13.6. The Morgan fingerprint density at radius 1 is 1.29 bits per heavy atom. The van der Waals surface area contributed by atoms with Gasteiger partial charge >= 0.3 is 5.97 Å². The number of esters is 1. The summed E-state index contributed by atoms with van der Waals surface area (Å²) in [5, 5.41) is 13.7. The van der Waals surface area contributed by atoms with Crippen molar-refractivity contribution < 1.29 is 14.3 Å². The molecule has 24 heavy (non-hydrogen) atoms. The lowest BCUT2D eigenvalue weighted by Crippen LogP contribution is -2.32. The highest BCUT2D eigenvalue weighted by atomic mass is 35.5. The van der Waals surface area contributed by atoms with Crippen LogP contribution in [0.25, 0.3) is 0 Å². The van der Waals surface area contributed by atoms with Gasteiger partial charge in [-0.05, 0) is 26.1 Å². The predicted molar refractivity (Wildman–Crippen MR) is 93.3 cm³/mol. The smallest absolute Gasteiger partial charge is 0.344 e. The van der Waals surface area contributed by atoms with Gasteiger partial charge in [-0.3, -0.25) is 4.79 Å². The highest BCUT2D eigenvalue weighted by Crippen LogP contribution is 2.15. The highest BCUT2D eigenvalue weighted by molar-refractivity contribution is 6.34. The molecule has 0 unspecified atom stereocenters. The van der Waals surface area contributed by atoms with Crippen molar-refractivity contribution in [2.45, 2.75) is 6.92 Å². The number of rotatable bonds is 9. The van der Waals surface area contributed by atoms with Crippen LogP contribution in [-0.4, -0.2) is 44.2 Å². The number of carbonyl (C=O) groups excluding carboxylic acids is 2. The van der Waals surface area contributed by atoms with Crippen molar-refractivity contribution >= 4 is 29.1 Å². The summed E-state index contributed by atoms with van der Waals surface area (Å²) in [6.07, 6.45) is 0. The fourth-order valence-corrected chi connectivity index (χ4v) is 2.09. The Morgan fingerprint density at radius 3 is 2.54 bits per heavy atom. The minimum Gasteiger partial charge on any atom is -0.454 e. The third kappa shape index (κ3) is 5.68. The molecule has 0 amide bonds. The molecule has 0 aliphatic rings. The van der Waals surface area contributed by atoms with Crippen molar-refractivity contribution in [1.29, 1.82) is 5.41 Å². The Balaban J connectivity index is 2.76. The minimum absolute atomic E-state index is 0.0351. The minimum atomic E-state index is -0.836. The number of nitrogens with one attached hydrogen (secondary N) is 3. The Bertz CT molecular complexity index is 658. The fraction of sp³-hybridized carbons (Fsp3) is 0.312. The molecule has 0 heterocycles. The number of ketones is 1. The first-order valence-corrected chi connectivity index (χ1v) is 7.64. The zero-order valence-corrected chi connectivity index (χ0v) is 14.4. The maximum absolute atomic E-state index is 12.1. The molecule has 0 aromatic heterocycles. The molecule has 7 nitrogen and oxygen atoms in total. The van der Waals surface area contributed by atoms with Crippen LogP contribution in [0.4, 0.5) is 0 Å². The summed E-state index contributed by atoms with van der Waals surface area (Å²) in [6, 6.07) is 6.48. The fourth-order valence-electron chi connectivity index (χ4n) is 1.84. The lowest BCUT2D eigenvalue weighted by atomic mass is 10.1. The number of hydrogen-bond acceptors (Lipinski definition) is 7. The van der Waals surface area contributed by atoms with Crippen LogP contribution in [0.2, 0.25) is 5.02 Å². The number of carbonyl (C=O) groups is 2. The second-order valence-electron chi connectivity index (χ2n) is 4.92. The van der Waals surface area contributed by atoms with Crippen molar-refractivity contribution in [3.63, 3.8) is 0 Å². The number of hydrogen-bond donors (Lipinski definition) is 4. The normalized spacial score (nSPS) is 11.5. The molecule has 0 aliphatic carbocycles. The average Bonchev–Trinajstić information content (AvgIpc) is 2.53. The second kappa shape index (κ2) is 9.69. The van der Waals surface area contributed by atoms with Crippen LogP contribution in [0.3, 0.4) is 0 Å². The molecule has 0 saturated heterocycles. The standard InChI is InChI=1S/C16H21ClN4O3/c1-10(18)14(15(19)21-8-7-20-2)16(23)24-9-13(22)11-5-3-4-6-12(11)17/h3-6,18,20-21H,7-9,19H2,1-2H3/b15-14+,18-10?. The van der Waals surface area contributed by atoms with Gasteiger partial charge in [0.2, 0.25) is 5.78 Å². The van der Waals surface area contributed by atoms with E-state index in [1.165, 1.54) is 6.92 Å². The van der Waals surface area contributed by atoms with E-state index in [0.29, 0.717) is 13.1 Å². The van der Waals surface area contributed by atoms with Crippen LogP contribution in [0.15, 0.2) is 35.7 Å². The summed E-state index contributed by atoms with van der Waals surface area (Å²) >= 11 is 5.93. The average molecular weight is 353 g/mol. The molecule has 0 radical (unpaired) electrons. The van der Waals surface area contributed by atoms with Crippen molar-refractivity contribution in [2.24, 2.45) is 5.73 Å². The predicted octanol–water partition coefficient (Wildman–Crippen LogP) is 1.08. The maximum atomic E-state index is 12.1. The van der Waals surface area contributed by atoms with E-state index in [1.807, 2.05) is 0 Å². The van der Waals surface area contributed by atoms with Crippen molar-refractivity contribution in [2.75, 3.05) is 26.7 Å². The molecule has 8 heteroatoms. The SMILES string of the molecule is CNCCN/C(N)=C(\C(C)=N)C(=O)OCC(=O)c1ccccc1Cl. The van der Waals surface area contributed by atoms with Gasteiger partial charge in [0.05, 0.1) is 5.02 Å². The van der Waals surface area contributed by atoms with Crippen molar-refractivity contribution in [3.05, 3.63) is 46.2 Å². The Kier molecular flexibility index (Phi) is 7.94. The molecular formula is C16H21ClN4O3. The van der Waals surface area contributed by atoms with Gasteiger partial charge in [-0.25, -0.2) is 4.79 Å². The van der Waals surface area contributed by atoms with Crippen molar-refractivity contribution in [1.82, 2.24) is 10.6 Å². The topological polar surface area (TPSA) is 117 Å². The van der Waals surface area contributed by atoms with Gasteiger partial charge in [-0.2, -0.15) is 0 Å². The number of Topliss-reactive ketones (excluding diaryl/α,β-unsaturated/α-hetero) is 1. The van der Waals surface area contributed by atoms with Gasteiger partial charge in [0.25, 0.3) is 0 Å². The van der Waals surface area contributed by atoms with E-state index >= 15 is 0 Å². The second-order valence-corrected chi connectivity index (χ2v) is 5.33. The number of ether oxygens (including phenoxy) is 1. The van der Waals surface area contributed by atoms with E-state index in [2.05, 4.69) is 10.6 Å². The first-order chi connectivity index (χ1) is 11.4. The number of halogens is 1. The molecule has 0 saturated carbocycles. The zero-order chi connectivity index (χ0) is 18.1. The van der Waals surface area contributed by atoms with Crippen molar-refractivity contribution in [3.8, 4) is 0 Å². The molecular weight excluding hydrogens is 332 g/mol.